The Morgan fingerprint density at radius 1 is 1.00 bits per heavy atom. The Bertz CT molecular complexity index is 996. The maximum atomic E-state index is 10.5. The average molecular weight is 388 g/mol. The molecule has 148 valence electrons. The molecule has 0 aliphatic carbocycles. The predicted molar refractivity (Wildman–Crippen MR) is 115 cm³/mol. The predicted octanol–water partition coefficient (Wildman–Crippen LogP) is 4.94. The molecule has 0 saturated carbocycles. The first kappa shape index (κ1) is 20.1. The fourth-order valence-electron chi connectivity index (χ4n) is 2.83. The number of phenols is 1. The lowest BCUT2D eigenvalue weighted by Gasteiger charge is -2.14. The zero-order valence-electron chi connectivity index (χ0n) is 16.6. The Labute approximate surface area is 171 Å². The number of phenolic OH excluding ortho intramolecular Hbond substituents is 1. The van der Waals surface area contributed by atoms with Crippen molar-refractivity contribution in [3.05, 3.63) is 96.0 Å². The lowest BCUT2D eigenvalue weighted by molar-refractivity contribution is 0.304. The monoisotopic (exact) mass is 388 g/mol. The number of ether oxygens (including phenoxy) is 2. The molecule has 0 radical (unpaired) electrons. The highest BCUT2D eigenvalue weighted by atomic mass is 16.5. The lowest BCUT2D eigenvalue weighted by atomic mass is 10.1. The third-order valence-corrected chi connectivity index (χ3v) is 4.44. The number of aryl methyl sites for hydroxylation is 1. The summed E-state index contributed by atoms with van der Waals surface area (Å²) in [5.41, 5.74) is 3.23. The van der Waals surface area contributed by atoms with E-state index in [2.05, 4.69) is 23.5 Å². The Morgan fingerprint density at radius 3 is 2.31 bits per heavy atom. The van der Waals surface area contributed by atoms with E-state index in [1.54, 1.807) is 37.6 Å². The van der Waals surface area contributed by atoms with Crippen LogP contribution in [0.3, 0.4) is 0 Å². The summed E-state index contributed by atoms with van der Waals surface area (Å²) in [6, 6.07) is 16.7. The molecular formula is C24H24N2O3. The first-order chi connectivity index (χ1) is 14.1. The summed E-state index contributed by atoms with van der Waals surface area (Å²) in [5.74, 6) is 1.63. The van der Waals surface area contributed by atoms with Crippen molar-refractivity contribution in [1.82, 2.24) is 4.98 Å². The van der Waals surface area contributed by atoms with Gasteiger partial charge in [0.1, 0.15) is 35.3 Å². The first-order valence-electron chi connectivity index (χ1n) is 9.38. The summed E-state index contributed by atoms with van der Waals surface area (Å²) in [4.78, 5) is 8.24. The second-order valence-corrected chi connectivity index (χ2v) is 6.42. The Morgan fingerprint density at radius 2 is 1.69 bits per heavy atom. The number of aromatic nitrogens is 1. The third-order valence-electron chi connectivity index (χ3n) is 4.44. The number of hydrogen-bond donors (Lipinski definition) is 1. The first-order valence-corrected chi connectivity index (χ1v) is 9.38. The van der Waals surface area contributed by atoms with E-state index in [1.807, 2.05) is 36.4 Å². The molecule has 5 nitrogen and oxygen atoms in total. The Hall–Kier alpha value is -3.60. The van der Waals surface area contributed by atoms with Crippen LogP contribution in [0.1, 0.15) is 23.6 Å². The van der Waals surface area contributed by atoms with Crippen molar-refractivity contribution in [3.63, 3.8) is 0 Å². The number of rotatable bonds is 8. The largest absolute Gasteiger partial charge is 0.507 e. The maximum Gasteiger partial charge on any atom is 0.146 e. The number of nitrogens with zero attached hydrogens (tertiary/aromatic N) is 2. The molecule has 0 unspecified atom stereocenters. The Kier molecular flexibility index (Phi) is 6.63. The molecule has 1 aromatic heterocycles. The summed E-state index contributed by atoms with van der Waals surface area (Å²) in [6.07, 6.45) is 4.39. The van der Waals surface area contributed by atoms with Gasteiger partial charge in [-0.2, -0.15) is 0 Å². The molecule has 3 rings (SSSR count). The number of aliphatic imine (C=N–C) groups is 1. The third kappa shape index (κ3) is 5.23. The molecule has 0 aliphatic rings. The molecule has 0 bridgehead atoms. The van der Waals surface area contributed by atoms with Gasteiger partial charge in [-0.05, 0) is 53.9 Å². The smallest absolute Gasteiger partial charge is 0.146 e. The van der Waals surface area contributed by atoms with Crippen molar-refractivity contribution in [1.29, 1.82) is 0 Å². The molecule has 29 heavy (non-hydrogen) atoms. The van der Waals surface area contributed by atoms with Crippen LogP contribution in [0.25, 0.3) is 0 Å². The molecule has 0 amide bonds. The minimum Gasteiger partial charge on any atom is -0.507 e. The second-order valence-electron chi connectivity index (χ2n) is 6.42. The van der Waals surface area contributed by atoms with E-state index in [9.17, 15) is 5.11 Å². The van der Waals surface area contributed by atoms with Crippen LogP contribution in [0.2, 0.25) is 0 Å². The average Bonchev–Trinajstić information content (AvgIpc) is 2.75. The van der Waals surface area contributed by atoms with Crippen molar-refractivity contribution < 1.29 is 14.6 Å². The summed E-state index contributed by atoms with van der Waals surface area (Å²) in [6.45, 7) is 6.47. The van der Waals surface area contributed by atoms with E-state index in [1.165, 1.54) is 5.56 Å². The van der Waals surface area contributed by atoms with Crippen LogP contribution >= 0.6 is 0 Å². The summed E-state index contributed by atoms with van der Waals surface area (Å²) in [5, 5.41) is 10.5. The van der Waals surface area contributed by atoms with Crippen molar-refractivity contribution >= 4 is 5.71 Å². The molecule has 5 heteroatoms. The zero-order chi connectivity index (χ0) is 20.6. The molecule has 0 saturated heterocycles. The minimum atomic E-state index is 0.0453. The van der Waals surface area contributed by atoms with Gasteiger partial charge >= 0.3 is 0 Å². The van der Waals surface area contributed by atoms with E-state index < -0.39 is 0 Å². The van der Waals surface area contributed by atoms with Crippen LogP contribution in [-0.2, 0) is 13.0 Å². The summed E-state index contributed by atoms with van der Waals surface area (Å²) >= 11 is 0. The quantitative estimate of drug-likeness (QED) is 0.438. The van der Waals surface area contributed by atoms with Crippen LogP contribution in [0.15, 0.2) is 84.3 Å². The topological polar surface area (TPSA) is 63.9 Å². The van der Waals surface area contributed by atoms with Gasteiger partial charge in [0.05, 0.1) is 0 Å². The number of benzene rings is 2. The molecule has 0 atom stereocenters. The van der Waals surface area contributed by atoms with Gasteiger partial charge in [-0.15, -0.1) is 0 Å². The van der Waals surface area contributed by atoms with Gasteiger partial charge in [0.25, 0.3) is 0 Å². The van der Waals surface area contributed by atoms with E-state index in [-0.39, 0.29) is 5.75 Å². The minimum absolute atomic E-state index is 0.0453. The molecule has 1 N–H and O–H groups in total. The number of pyridine rings is 1. The normalized spacial score (nSPS) is 11.2. The molecule has 1 heterocycles. The number of hydrogen-bond acceptors (Lipinski definition) is 5. The molecular weight excluding hydrogens is 364 g/mol. The van der Waals surface area contributed by atoms with Crippen LogP contribution in [-0.4, -0.2) is 22.8 Å². The van der Waals surface area contributed by atoms with Crippen molar-refractivity contribution in [2.45, 2.75) is 20.0 Å². The van der Waals surface area contributed by atoms with E-state index in [4.69, 9.17) is 9.47 Å². The maximum absolute atomic E-state index is 10.5. The van der Waals surface area contributed by atoms with Crippen molar-refractivity contribution in [2.75, 3.05) is 7.05 Å². The van der Waals surface area contributed by atoms with Crippen molar-refractivity contribution in [2.24, 2.45) is 4.99 Å². The van der Waals surface area contributed by atoms with Crippen LogP contribution < -0.4 is 9.47 Å². The highest BCUT2D eigenvalue weighted by molar-refractivity contribution is 6.12. The van der Waals surface area contributed by atoms with E-state index in [0.29, 0.717) is 35.1 Å². The standard InChI is InChI=1S/C24H24N2O3/c1-4-18-5-7-20(8-6-18)29-17(2)24(25-3)22-10-9-21(15-23(22)27)28-16-19-11-13-26-14-12-19/h5-15,27H,2,4,16H2,1,3H3. The van der Waals surface area contributed by atoms with Gasteiger partial charge in [0.2, 0.25) is 0 Å². The Balaban J connectivity index is 1.70. The van der Waals surface area contributed by atoms with Crippen molar-refractivity contribution in [3.8, 4) is 17.2 Å². The van der Waals surface area contributed by atoms with E-state index >= 15 is 0 Å². The molecule has 0 fully saturated rings. The van der Waals surface area contributed by atoms with Gasteiger partial charge in [0, 0.05) is 31.1 Å². The van der Waals surface area contributed by atoms with Gasteiger partial charge in [-0.25, -0.2) is 0 Å². The fraction of sp³-hybridized carbons (Fsp3) is 0.167. The molecule has 0 aliphatic heterocycles. The fourth-order valence-corrected chi connectivity index (χ4v) is 2.83. The summed E-state index contributed by atoms with van der Waals surface area (Å²) < 4.78 is 11.6. The highest BCUT2D eigenvalue weighted by Crippen LogP contribution is 2.27. The van der Waals surface area contributed by atoms with Gasteiger partial charge in [-0.1, -0.05) is 25.6 Å². The van der Waals surface area contributed by atoms with E-state index in [0.717, 1.165) is 12.0 Å². The highest BCUT2D eigenvalue weighted by Gasteiger charge is 2.15. The molecule has 3 aromatic rings. The van der Waals surface area contributed by atoms with Crippen LogP contribution in [0.5, 0.6) is 17.2 Å². The second kappa shape index (κ2) is 9.55. The number of aromatic hydroxyl groups is 1. The molecule has 2 aromatic carbocycles. The van der Waals surface area contributed by atoms with Crippen LogP contribution in [0, 0.1) is 0 Å². The molecule has 0 spiro atoms. The van der Waals surface area contributed by atoms with Gasteiger partial charge in [0.15, 0.2) is 0 Å². The lowest BCUT2D eigenvalue weighted by Crippen LogP contribution is -2.10. The SMILES string of the molecule is C=C(Oc1ccc(CC)cc1)C(=NC)c1ccc(OCc2ccncc2)cc1O. The zero-order valence-corrected chi connectivity index (χ0v) is 16.6. The van der Waals surface area contributed by atoms with Gasteiger partial charge < -0.3 is 14.6 Å². The van der Waals surface area contributed by atoms with Gasteiger partial charge in [-0.3, -0.25) is 9.98 Å². The number of allylic oxidation sites excluding steroid dienone is 1. The summed E-state index contributed by atoms with van der Waals surface area (Å²) in [7, 11) is 1.64. The van der Waals surface area contributed by atoms with Crippen LogP contribution in [0.4, 0.5) is 0 Å².